The summed E-state index contributed by atoms with van der Waals surface area (Å²) in [6.45, 7) is 7.82. The normalized spacial score (nSPS) is 14.0. The Hall–Kier alpha value is -2.15. The van der Waals surface area contributed by atoms with Gasteiger partial charge in [-0.05, 0) is 31.4 Å². The molecule has 0 aliphatic rings. The predicted octanol–water partition coefficient (Wildman–Crippen LogP) is 4.13. The molecule has 0 fully saturated rings. The van der Waals surface area contributed by atoms with Crippen LogP contribution in [0.5, 0.6) is 5.88 Å². The van der Waals surface area contributed by atoms with Gasteiger partial charge in [-0.2, -0.15) is 0 Å². The van der Waals surface area contributed by atoms with E-state index in [0.717, 1.165) is 6.42 Å². The maximum atomic E-state index is 13.5. The van der Waals surface area contributed by atoms with Gasteiger partial charge < -0.3 is 4.74 Å². The molecule has 136 valence electrons. The van der Waals surface area contributed by atoms with Crippen LogP contribution in [-0.2, 0) is 0 Å². The number of rotatable bonds is 7. The van der Waals surface area contributed by atoms with Gasteiger partial charge in [0.05, 0.1) is 11.3 Å². The summed E-state index contributed by atoms with van der Waals surface area (Å²) >= 11 is 0. The molecule has 25 heavy (non-hydrogen) atoms. The SMILES string of the molecule is Cc1nccc(-c2cnc(OC(N)C(C)CC(C)C)c(C(F)F)c2)n1. The lowest BCUT2D eigenvalue weighted by molar-refractivity contribution is 0.109. The summed E-state index contributed by atoms with van der Waals surface area (Å²) < 4.78 is 32.5. The molecule has 7 heteroatoms. The number of hydrogen-bond donors (Lipinski definition) is 1. The van der Waals surface area contributed by atoms with E-state index in [0.29, 0.717) is 23.0 Å². The smallest absolute Gasteiger partial charge is 0.269 e. The number of pyridine rings is 1. The monoisotopic (exact) mass is 350 g/mol. The van der Waals surface area contributed by atoms with Crippen LogP contribution in [0.25, 0.3) is 11.3 Å². The topological polar surface area (TPSA) is 73.9 Å². The Morgan fingerprint density at radius 2 is 1.92 bits per heavy atom. The molecule has 0 radical (unpaired) electrons. The number of aryl methyl sites for hydroxylation is 1. The summed E-state index contributed by atoms with van der Waals surface area (Å²) in [6.07, 6.45) is 0.456. The Morgan fingerprint density at radius 3 is 2.52 bits per heavy atom. The van der Waals surface area contributed by atoms with Gasteiger partial charge in [0.2, 0.25) is 5.88 Å². The highest BCUT2D eigenvalue weighted by atomic mass is 19.3. The highest BCUT2D eigenvalue weighted by Gasteiger charge is 2.22. The van der Waals surface area contributed by atoms with Crippen LogP contribution in [0.1, 0.15) is 45.0 Å². The first-order valence-corrected chi connectivity index (χ1v) is 8.28. The summed E-state index contributed by atoms with van der Waals surface area (Å²) in [5.74, 6) is 0.890. The van der Waals surface area contributed by atoms with Crippen LogP contribution < -0.4 is 10.5 Å². The molecule has 5 nitrogen and oxygen atoms in total. The number of halogens is 2. The Labute approximate surface area is 146 Å². The maximum Gasteiger partial charge on any atom is 0.269 e. The van der Waals surface area contributed by atoms with E-state index in [-0.39, 0.29) is 17.4 Å². The first-order chi connectivity index (χ1) is 11.8. The van der Waals surface area contributed by atoms with Crippen molar-refractivity contribution in [2.45, 2.75) is 46.8 Å². The zero-order valence-corrected chi connectivity index (χ0v) is 14.9. The molecule has 0 bridgehead atoms. The van der Waals surface area contributed by atoms with Gasteiger partial charge in [0.15, 0.2) is 6.23 Å². The van der Waals surface area contributed by atoms with Crippen LogP contribution >= 0.6 is 0 Å². The van der Waals surface area contributed by atoms with Gasteiger partial charge in [0.25, 0.3) is 6.43 Å². The Kier molecular flexibility index (Phi) is 6.36. The minimum Gasteiger partial charge on any atom is -0.458 e. The summed E-state index contributed by atoms with van der Waals surface area (Å²) in [5, 5.41) is 0. The Bertz CT molecular complexity index is 709. The molecular formula is C18H24F2N4O. The van der Waals surface area contributed by atoms with Crippen molar-refractivity contribution in [1.29, 1.82) is 0 Å². The van der Waals surface area contributed by atoms with Crippen molar-refractivity contribution >= 4 is 0 Å². The van der Waals surface area contributed by atoms with Crippen molar-refractivity contribution in [2.24, 2.45) is 17.6 Å². The van der Waals surface area contributed by atoms with E-state index in [1.165, 1.54) is 12.3 Å². The molecule has 0 aromatic carbocycles. The molecule has 0 amide bonds. The van der Waals surface area contributed by atoms with Gasteiger partial charge >= 0.3 is 0 Å². The summed E-state index contributed by atoms with van der Waals surface area (Å²) in [5.41, 5.74) is 6.73. The van der Waals surface area contributed by atoms with Gasteiger partial charge in [-0.15, -0.1) is 0 Å². The highest BCUT2D eigenvalue weighted by Crippen LogP contribution is 2.32. The van der Waals surface area contributed by atoms with Crippen molar-refractivity contribution in [3.05, 3.63) is 35.9 Å². The van der Waals surface area contributed by atoms with Crippen molar-refractivity contribution in [2.75, 3.05) is 0 Å². The van der Waals surface area contributed by atoms with Crippen LogP contribution in [0.15, 0.2) is 24.5 Å². The molecule has 0 saturated heterocycles. The van der Waals surface area contributed by atoms with Crippen LogP contribution in [-0.4, -0.2) is 21.2 Å². The minimum atomic E-state index is -2.72. The van der Waals surface area contributed by atoms with Crippen LogP contribution in [0.3, 0.4) is 0 Å². The van der Waals surface area contributed by atoms with E-state index in [9.17, 15) is 8.78 Å². The Morgan fingerprint density at radius 1 is 1.20 bits per heavy atom. The number of nitrogens with two attached hydrogens (primary N) is 1. The lowest BCUT2D eigenvalue weighted by Gasteiger charge is -2.23. The molecule has 0 spiro atoms. The van der Waals surface area contributed by atoms with Crippen molar-refractivity contribution in [1.82, 2.24) is 15.0 Å². The van der Waals surface area contributed by atoms with E-state index in [4.69, 9.17) is 10.5 Å². The average molecular weight is 350 g/mol. The fraction of sp³-hybridized carbons (Fsp3) is 0.500. The van der Waals surface area contributed by atoms with Crippen LogP contribution in [0.2, 0.25) is 0 Å². The third kappa shape index (κ3) is 5.16. The lowest BCUT2D eigenvalue weighted by atomic mass is 9.98. The molecule has 2 N–H and O–H groups in total. The number of ether oxygens (including phenoxy) is 1. The second-order valence-corrected chi connectivity index (χ2v) is 6.60. The van der Waals surface area contributed by atoms with Gasteiger partial charge in [-0.25, -0.2) is 23.7 Å². The predicted molar refractivity (Wildman–Crippen MR) is 92.2 cm³/mol. The average Bonchev–Trinajstić information content (AvgIpc) is 2.54. The number of aromatic nitrogens is 3. The van der Waals surface area contributed by atoms with E-state index >= 15 is 0 Å². The fourth-order valence-electron chi connectivity index (χ4n) is 2.60. The molecule has 2 heterocycles. The Balaban J connectivity index is 2.27. The lowest BCUT2D eigenvalue weighted by Crippen LogP contribution is -2.35. The minimum absolute atomic E-state index is 0.0245. The fourth-order valence-corrected chi connectivity index (χ4v) is 2.60. The number of nitrogens with zero attached hydrogens (tertiary/aromatic N) is 3. The highest BCUT2D eigenvalue weighted by molar-refractivity contribution is 5.59. The van der Waals surface area contributed by atoms with E-state index < -0.39 is 12.7 Å². The zero-order chi connectivity index (χ0) is 18.6. The van der Waals surface area contributed by atoms with Crippen molar-refractivity contribution < 1.29 is 13.5 Å². The van der Waals surface area contributed by atoms with E-state index in [2.05, 4.69) is 28.8 Å². The maximum absolute atomic E-state index is 13.5. The molecule has 2 aromatic heterocycles. The summed E-state index contributed by atoms with van der Waals surface area (Å²) in [6, 6.07) is 2.99. The molecule has 2 rings (SSSR count). The largest absolute Gasteiger partial charge is 0.458 e. The second-order valence-electron chi connectivity index (χ2n) is 6.60. The first-order valence-electron chi connectivity index (χ1n) is 8.28. The molecule has 2 atom stereocenters. The molecule has 0 aliphatic heterocycles. The van der Waals surface area contributed by atoms with Gasteiger partial charge in [-0.1, -0.05) is 20.8 Å². The van der Waals surface area contributed by atoms with Gasteiger partial charge in [0, 0.05) is 23.9 Å². The molecular weight excluding hydrogens is 326 g/mol. The van der Waals surface area contributed by atoms with Gasteiger partial charge in [0.1, 0.15) is 5.82 Å². The quantitative estimate of drug-likeness (QED) is 0.760. The zero-order valence-electron chi connectivity index (χ0n) is 14.9. The standard InChI is InChI=1S/C18H24F2N4O/c1-10(2)7-11(3)17(21)25-18-14(16(19)20)8-13(9-23-18)15-5-6-22-12(4)24-15/h5-6,8-11,16-17H,7,21H2,1-4H3. The molecule has 2 unspecified atom stereocenters. The van der Waals surface area contributed by atoms with Crippen molar-refractivity contribution in [3.8, 4) is 17.1 Å². The van der Waals surface area contributed by atoms with Gasteiger partial charge in [-0.3, -0.25) is 5.73 Å². The summed E-state index contributed by atoms with van der Waals surface area (Å²) in [7, 11) is 0. The second kappa shape index (κ2) is 8.29. The van der Waals surface area contributed by atoms with Crippen LogP contribution in [0.4, 0.5) is 8.78 Å². The van der Waals surface area contributed by atoms with Crippen molar-refractivity contribution in [3.63, 3.8) is 0 Å². The van der Waals surface area contributed by atoms with E-state index in [1.54, 1.807) is 19.2 Å². The first kappa shape index (κ1) is 19.2. The molecule has 0 aliphatic carbocycles. The number of alkyl halides is 2. The third-order valence-corrected chi connectivity index (χ3v) is 3.84. The number of hydrogen-bond acceptors (Lipinski definition) is 5. The third-order valence-electron chi connectivity index (χ3n) is 3.84. The van der Waals surface area contributed by atoms with Crippen LogP contribution in [0, 0.1) is 18.8 Å². The van der Waals surface area contributed by atoms with E-state index in [1.807, 2.05) is 6.92 Å². The summed E-state index contributed by atoms with van der Waals surface area (Å²) in [4.78, 5) is 12.3. The molecule has 0 saturated carbocycles. The molecule has 2 aromatic rings.